The number of nitrogens with one attached hydrogen (secondary N) is 1. The van der Waals surface area contributed by atoms with Gasteiger partial charge in [0.1, 0.15) is 6.61 Å². The number of benzene rings is 1. The van der Waals surface area contributed by atoms with Crippen LogP contribution in [-0.2, 0) is 9.53 Å². The molecule has 7 nitrogen and oxygen atoms in total. The van der Waals surface area contributed by atoms with Crippen LogP contribution in [0.25, 0.3) is 5.69 Å². The Hall–Kier alpha value is -2.67. The number of carboxylic acid groups (broad SMARTS) is 1. The van der Waals surface area contributed by atoms with Crippen molar-refractivity contribution in [2.24, 2.45) is 0 Å². The minimum Gasteiger partial charge on any atom is -0.480 e. The summed E-state index contributed by atoms with van der Waals surface area (Å²) < 4.78 is 6.55. The molecule has 122 valence electrons. The number of aliphatic carboxylic acids is 1. The molecule has 2 N–H and O–H groups in total. The van der Waals surface area contributed by atoms with Gasteiger partial charge in [0.2, 0.25) is 0 Å². The molecule has 1 aromatic heterocycles. The maximum absolute atomic E-state index is 12.0. The number of aromatic nitrogens is 2. The van der Waals surface area contributed by atoms with Crippen molar-refractivity contribution in [2.75, 3.05) is 19.8 Å². The Labute approximate surface area is 133 Å². The lowest BCUT2D eigenvalue weighted by Gasteiger charge is -2.05. The fourth-order valence-corrected chi connectivity index (χ4v) is 2.02. The standard InChI is InChI=1S/C16H19N3O4/c1-11-3-5-13(6-4-11)19-12(2)9-14(18-19)16(22)17-7-8-23-10-15(20)21/h3-6,9H,7-8,10H2,1-2H3,(H,17,22)(H,20,21). The van der Waals surface area contributed by atoms with E-state index >= 15 is 0 Å². The topological polar surface area (TPSA) is 93.5 Å². The normalized spacial score (nSPS) is 10.5. The predicted octanol–water partition coefficient (Wildman–Crippen LogP) is 1.32. The zero-order valence-corrected chi connectivity index (χ0v) is 13.1. The highest BCUT2D eigenvalue weighted by molar-refractivity contribution is 5.92. The van der Waals surface area contributed by atoms with E-state index in [1.165, 1.54) is 0 Å². The molecular formula is C16H19N3O4. The van der Waals surface area contributed by atoms with E-state index < -0.39 is 5.97 Å². The zero-order valence-electron chi connectivity index (χ0n) is 13.1. The quantitative estimate of drug-likeness (QED) is 0.751. The van der Waals surface area contributed by atoms with Crippen molar-refractivity contribution < 1.29 is 19.4 Å². The number of ether oxygens (including phenoxy) is 1. The van der Waals surface area contributed by atoms with Crippen LogP contribution in [0.1, 0.15) is 21.7 Å². The molecule has 2 aromatic rings. The van der Waals surface area contributed by atoms with Crippen LogP contribution in [0.2, 0.25) is 0 Å². The van der Waals surface area contributed by atoms with Gasteiger partial charge in [0, 0.05) is 12.2 Å². The summed E-state index contributed by atoms with van der Waals surface area (Å²) in [4.78, 5) is 22.3. The molecule has 0 fully saturated rings. The molecule has 7 heteroatoms. The molecule has 1 amide bonds. The highest BCUT2D eigenvalue weighted by Crippen LogP contribution is 2.13. The fourth-order valence-electron chi connectivity index (χ4n) is 2.02. The van der Waals surface area contributed by atoms with Crippen LogP contribution in [0, 0.1) is 13.8 Å². The van der Waals surface area contributed by atoms with E-state index in [-0.39, 0.29) is 25.7 Å². The van der Waals surface area contributed by atoms with Crippen molar-refractivity contribution >= 4 is 11.9 Å². The van der Waals surface area contributed by atoms with Gasteiger partial charge in [-0.2, -0.15) is 5.10 Å². The Kier molecular flexibility index (Phi) is 5.48. The third-order valence-electron chi connectivity index (χ3n) is 3.16. The summed E-state index contributed by atoms with van der Waals surface area (Å²) in [5.74, 6) is -1.36. The number of carbonyl (C=O) groups is 2. The molecule has 0 aliphatic rings. The van der Waals surface area contributed by atoms with Crippen molar-refractivity contribution in [1.29, 1.82) is 0 Å². The second kappa shape index (κ2) is 7.55. The Morgan fingerprint density at radius 1 is 1.26 bits per heavy atom. The van der Waals surface area contributed by atoms with Crippen LogP contribution in [0.5, 0.6) is 0 Å². The van der Waals surface area contributed by atoms with Crippen LogP contribution in [0.3, 0.4) is 0 Å². The van der Waals surface area contributed by atoms with Crippen molar-refractivity contribution in [3.05, 3.63) is 47.3 Å². The van der Waals surface area contributed by atoms with Gasteiger partial charge in [-0.05, 0) is 32.0 Å². The van der Waals surface area contributed by atoms with Gasteiger partial charge in [-0.3, -0.25) is 4.79 Å². The van der Waals surface area contributed by atoms with Gasteiger partial charge in [0.25, 0.3) is 5.91 Å². The Morgan fingerprint density at radius 2 is 1.96 bits per heavy atom. The van der Waals surface area contributed by atoms with Crippen LogP contribution in [0.15, 0.2) is 30.3 Å². The van der Waals surface area contributed by atoms with Gasteiger partial charge in [0.15, 0.2) is 5.69 Å². The first-order chi connectivity index (χ1) is 11.0. The average molecular weight is 317 g/mol. The van der Waals surface area contributed by atoms with Crippen LogP contribution in [-0.4, -0.2) is 46.5 Å². The number of aryl methyl sites for hydroxylation is 2. The summed E-state index contributed by atoms with van der Waals surface area (Å²) in [5, 5.41) is 15.4. The summed E-state index contributed by atoms with van der Waals surface area (Å²) >= 11 is 0. The molecule has 2 rings (SSSR count). The molecule has 0 spiro atoms. The van der Waals surface area contributed by atoms with E-state index in [1.807, 2.05) is 38.1 Å². The number of amides is 1. The molecule has 0 aliphatic carbocycles. The molecule has 0 saturated carbocycles. The minimum absolute atomic E-state index is 0.135. The second-order valence-electron chi connectivity index (χ2n) is 5.12. The lowest BCUT2D eigenvalue weighted by Crippen LogP contribution is -2.28. The van der Waals surface area contributed by atoms with Gasteiger partial charge < -0.3 is 15.2 Å². The van der Waals surface area contributed by atoms with Crippen LogP contribution < -0.4 is 5.32 Å². The minimum atomic E-state index is -1.04. The van der Waals surface area contributed by atoms with E-state index in [2.05, 4.69) is 10.4 Å². The molecular weight excluding hydrogens is 298 g/mol. The lowest BCUT2D eigenvalue weighted by molar-refractivity contribution is -0.142. The molecule has 0 unspecified atom stereocenters. The number of nitrogens with zero attached hydrogens (tertiary/aromatic N) is 2. The number of carboxylic acids is 1. The largest absolute Gasteiger partial charge is 0.480 e. The van der Waals surface area contributed by atoms with Crippen LogP contribution >= 0.6 is 0 Å². The summed E-state index contributed by atoms with van der Waals surface area (Å²) in [6.45, 7) is 3.86. The zero-order chi connectivity index (χ0) is 16.8. The average Bonchev–Trinajstić information content (AvgIpc) is 2.89. The second-order valence-corrected chi connectivity index (χ2v) is 5.12. The first-order valence-corrected chi connectivity index (χ1v) is 7.19. The van der Waals surface area contributed by atoms with E-state index in [0.29, 0.717) is 5.69 Å². The molecule has 0 radical (unpaired) electrons. The third-order valence-corrected chi connectivity index (χ3v) is 3.16. The Bertz CT molecular complexity index is 692. The third kappa shape index (κ3) is 4.65. The van der Waals surface area contributed by atoms with Gasteiger partial charge in [-0.15, -0.1) is 0 Å². The Morgan fingerprint density at radius 3 is 2.61 bits per heavy atom. The van der Waals surface area contributed by atoms with Gasteiger partial charge in [-0.25, -0.2) is 9.48 Å². The highest BCUT2D eigenvalue weighted by Gasteiger charge is 2.12. The summed E-state index contributed by atoms with van der Waals surface area (Å²) in [5.41, 5.74) is 3.19. The molecule has 0 aliphatic heterocycles. The van der Waals surface area contributed by atoms with Crippen molar-refractivity contribution in [3.63, 3.8) is 0 Å². The molecule has 1 aromatic carbocycles. The molecule has 0 bridgehead atoms. The number of hydrogen-bond acceptors (Lipinski definition) is 4. The van der Waals surface area contributed by atoms with Gasteiger partial charge in [0.05, 0.1) is 12.3 Å². The first kappa shape index (κ1) is 16.7. The van der Waals surface area contributed by atoms with E-state index in [4.69, 9.17) is 9.84 Å². The summed E-state index contributed by atoms with van der Waals surface area (Å²) in [6.07, 6.45) is 0. The molecule has 23 heavy (non-hydrogen) atoms. The maximum Gasteiger partial charge on any atom is 0.329 e. The smallest absolute Gasteiger partial charge is 0.329 e. The first-order valence-electron chi connectivity index (χ1n) is 7.19. The van der Waals surface area contributed by atoms with Gasteiger partial charge in [-0.1, -0.05) is 17.7 Å². The molecule has 1 heterocycles. The number of hydrogen-bond donors (Lipinski definition) is 2. The van der Waals surface area contributed by atoms with Gasteiger partial charge >= 0.3 is 5.97 Å². The van der Waals surface area contributed by atoms with E-state index in [9.17, 15) is 9.59 Å². The van der Waals surface area contributed by atoms with Crippen molar-refractivity contribution in [3.8, 4) is 5.69 Å². The highest BCUT2D eigenvalue weighted by atomic mass is 16.5. The van der Waals surface area contributed by atoms with E-state index in [1.54, 1.807) is 10.7 Å². The predicted molar refractivity (Wildman–Crippen MR) is 83.8 cm³/mol. The Balaban J connectivity index is 1.96. The molecule has 0 saturated heterocycles. The molecule has 0 atom stereocenters. The SMILES string of the molecule is Cc1ccc(-n2nc(C(=O)NCCOCC(=O)O)cc2C)cc1. The fraction of sp³-hybridized carbons (Fsp3) is 0.312. The monoisotopic (exact) mass is 317 g/mol. The maximum atomic E-state index is 12.0. The summed E-state index contributed by atoms with van der Waals surface area (Å²) in [6, 6.07) is 9.55. The lowest BCUT2D eigenvalue weighted by atomic mass is 10.2. The number of rotatable bonds is 7. The number of carbonyl (C=O) groups excluding carboxylic acids is 1. The van der Waals surface area contributed by atoms with Crippen molar-refractivity contribution in [2.45, 2.75) is 13.8 Å². The van der Waals surface area contributed by atoms with Crippen molar-refractivity contribution in [1.82, 2.24) is 15.1 Å². The van der Waals surface area contributed by atoms with E-state index in [0.717, 1.165) is 16.9 Å². The summed E-state index contributed by atoms with van der Waals surface area (Å²) in [7, 11) is 0. The van der Waals surface area contributed by atoms with Crippen LogP contribution in [0.4, 0.5) is 0 Å².